The third-order valence-electron chi connectivity index (χ3n) is 4.72. The first kappa shape index (κ1) is 17.5. The summed E-state index contributed by atoms with van der Waals surface area (Å²) in [5.41, 5.74) is -0.896. The van der Waals surface area contributed by atoms with Crippen molar-refractivity contribution < 1.29 is 14.6 Å². The maximum absolute atomic E-state index is 12.3. The van der Waals surface area contributed by atoms with Gasteiger partial charge in [-0.1, -0.05) is 47.0 Å². The van der Waals surface area contributed by atoms with Crippen molar-refractivity contribution in [3.8, 4) is 0 Å². The number of hydrogen-bond donors (Lipinski definition) is 1. The van der Waals surface area contributed by atoms with E-state index in [0.29, 0.717) is 13.0 Å². The predicted octanol–water partition coefficient (Wildman–Crippen LogP) is 3.93. The van der Waals surface area contributed by atoms with Crippen molar-refractivity contribution in [2.45, 2.75) is 78.7 Å². The molecule has 0 heterocycles. The Kier molecular flexibility index (Phi) is 6.06. The van der Waals surface area contributed by atoms with Crippen LogP contribution in [-0.4, -0.2) is 23.3 Å². The van der Waals surface area contributed by atoms with Gasteiger partial charge >= 0.3 is 5.97 Å². The molecule has 0 saturated heterocycles. The van der Waals surface area contributed by atoms with Crippen molar-refractivity contribution in [3.05, 3.63) is 0 Å². The molecule has 0 aromatic rings. The summed E-state index contributed by atoms with van der Waals surface area (Å²) in [5.74, 6) is -0.435. The number of carbonyl (C=O) groups excluding carboxylic acids is 1. The topological polar surface area (TPSA) is 46.5 Å². The van der Waals surface area contributed by atoms with Crippen molar-refractivity contribution in [1.29, 1.82) is 0 Å². The minimum atomic E-state index is -0.904. The van der Waals surface area contributed by atoms with E-state index in [0.717, 1.165) is 32.1 Å². The molecule has 1 fully saturated rings. The Morgan fingerprint density at radius 2 is 2.00 bits per heavy atom. The third kappa shape index (κ3) is 3.75. The zero-order valence-corrected chi connectivity index (χ0v) is 13.9. The van der Waals surface area contributed by atoms with Crippen LogP contribution in [0.4, 0.5) is 0 Å². The summed E-state index contributed by atoms with van der Waals surface area (Å²) in [7, 11) is 0. The van der Waals surface area contributed by atoms with Crippen molar-refractivity contribution in [2.75, 3.05) is 6.61 Å². The SMILES string of the molecule is CCCC(C(=O)OCC)C1(O)CCCCC1C(C)(C)C. The maximum Gasteiger partial charge on any atom is 0.311 e. The molecule has 0 amide bonds. The van der Waals surface area contributed by atoms with Crippen LogP contribution < -0.4 is 0 Å². The number of hydrogen-bond acceptors (Lipinski definition) is 3. The number of ether oxygens (including phenoxy) is 1. The van der Waals surface area contributed by atoms with Gasteiger partial charge in [-0.2, -0.15) is 0 Å². The lowest BCUT2D eigenvalue weighted by Gasteiger charge is -2.49. The van der Waals surface area contributed by atoms with Crippen LogP contribution in [0.15, 0.2) is 0 Å². The van der Waals surface area contributed by atoms with Gasteiger partial charge in [0.05, 0.1) is 18.1 Å². The molecule has 0 bridgehead atoms. The van der Waals surface area contributed by atoms with E-state index in [-0.39, 0.29) is 23.2 Å². The van der Waals surface area contributed by atoms with E-state index in [1.807, 2.05) is 6.92 Å². The van der Waals surface area contributed by atoms with Crippen LogP contribution in [0.3, 0.4) is 0 Å². The van der Waals surface area contributed by atoms with E-state index in [2.05, 4.69) is 27.7 Å². The molecule has 0 radical (unpaired) electrons. The fourth-order valence-electron chi connectivity index (χ4n) is 3.88. The van der Waals surface area contributed by atoms with Crippen molar-refractivity contribution in [2.24, 2.45) is 17.3 Å². The first-order valence-electron chi connectivity index (χ1n) is 8.16. The van der Waals surface area contributed by atoms with E-state index >= 15 is 0 Å². The summed E-state index contributed by atoms with van der Waals surface area (Å²) in [6.45, 7) is 10.8. The molecule has 0 aromatic heterocycles. The van der Waals surface area contributed by atoms with Gasteiger partial charge in [0.2, 0.25) is 0 Å². The Balaban J connectivity index is 3.07. The molecule has 1 aliphatic carbocycles. The molecule has 118 valence electrons. The number of esters is 1. The Morgan fingerprint density at radius 1 is 1.35 bits per heavy atom. The molecule has 1 aliphatic rings. The van der Waals surface area contributed by atoms with Crippen LogP contribution in [-0.2, 0) is 9.53 Å². The minimum Gasteiger partial charge on any atom is -0.466 e. The molecule has 3 atom stereocenters. The molecule has 3 heteroatoms. The van der Waals surface area contributed by atoms with Crippen LogP contribution in [0.2, 0.25) is 0 Å². The van der Waals surface area contributed by atoms with Gasteiger partial charge in [-0.15, -0.1) is 0 Å². The summed E-state index contributed by atoms with van der Waals surface area (Å²) < 4.78 is 5.24. The number of aliphatic hydroxyl groups is 1. The van der Waals surface area contributed by atoms with Gasteiger partial charge in [-0.3, -0.25) is 4.79 Å². The normalized spacial score (nSPS) is 29.0. The molecule has 0 aliphatic heterocycles. The largest absolute Gasteiger partial charge is 0.466 e. The smallest absolute Gasteiger partial charge is 0.311 e. The first-order chi connectivity index (χ1) is 9.27. The summed E-state index contributed by atoms with van der Waals surface area (Å²) in [6.07, 6.45) is 5.47. The van der Waals surface area contributed by atoms with Gasteiger partial charge in [0.15, 0.2) is 0 Å². The van der Waals surface area contributed by atoms with E-state index < -0.39 is 5.60 Å². The number of rotatable bonds is 5. The highest BCUT2D eigenvalue weighted by molar-refractivity contribution is 5.74. The molecule has 1 rings (SSSR count). The fraction of sp³-hybridized carbons (Fsp3) is 0.941. The molecule has 3 nitrogen and oxygen atoms in total. The average molecular weight is 284 g/mol. The lowest BCUT2D eigenvalue weighted by molar-refractivity contribution is -0.175. The van der Waals surface area contributed by atoms with E-state index in [4.69, 9.17) is 4.74 Å². The second kappa shape index (κ2) is 6.93. The van der Waals surface area contributed by atoms with Gasteiger partial charge in [0, 0.05) is 0 Å². The summed E-state index contributed by atoms with van der Waals surface area (Å²) in [6, 6.07) is 0. The second-order valence-electron chi connectivity index (χ2n) is 7.25. The van der Waals surface area contributed by atoms with Crippen LogP contribution >= 0.6 is 0 Å². The molecular formula is C17H32O3. The van der Waals surface area contributed by atoms with E-state index in [1.54, 1.807) is 0 Å². The quantitative estimate of drug-likeness (QED) is 0.778. The lowest BCUT2D eigenvalue weighted by Crippen LogP contribution is -2.54. The monoisotopic (exact) mass is 284 g/mol. The molecule has 1 N–H and O–H groups in total. The van der Waals surface area contributed by atoms with E-state index in [1.165, 1.54) is 0 Å². The van der Waals surface area contributed by atoms with Crippen LogP contribution in [0.1, 0.15) is 73.1 Å². The predicted molar refractivity (Wildman–Crippen MR) is 81.4 cm³/mol. The minimum absolute atomic E-state index is 0.00760. The molecule has 0 spiro atoms. The average Bonchev–Trinajstić information content (AvgIpc) is 2.35. The Bertz CT molecular complexity index is 319. The molecule has 20 heavy (non-hydrogen) atoms. The van der Waals surface area contributed by atoms with Crippen LogP contribution in [0, 0.1) is 17.3 Å². The zero-order valence-electron chi connectivity index (χ0n) is 13.9. The molecule has 0 aromatic carbocycles. The highest BCUT2D eigenvalue weighted by Crippen LogP contribution is 2.49. The highest BCUT2D eigenvalue weighted by atomic mass is 16.5. The standard InChI is InChI=1S/C17H32O3/c1-6-10-13(15(18)20-7-2)17(19)12-9-8-11-14(17)16(3,4)5/h13-14,19H,6-12H2,1-5H3. The first-order valence-corrected chi connectivity index (χ1v) is 8.16. The summed E-state index contributed by atoms with van der Waals surface area (Å²) in [5, 5.41) is 11.4. The van der Waals surface area contributed by atoms with Gasteiger partial charge in [-0.05, 0) is 37.5 Å². The van der Waals surface area contributed by atoms with Crippen molar-refractivity contribution >= 4 is 5.97 Å². The van der Waals surface area contributed by atoms with Crippen molar-refractivity contribution in [3.63, 3.8) is 0 Å². The summed E-state index contributed by atoms with van der Waals surface area (Å²) >= 11 is 0. The van der Waals surface area contributed by atoms with Gasteiger partial charge in [-0.25, -0.2) is 0 Å². The molecular weight excluding hydrogens is 252 g/mol. The molecule has 3 unspecified atom stereocenters. The van der Waals surface area contributed by atoms with E-state index in [9.17, 15) is 9.90 Å². The Hall–Kier alpha value is -0.570. The highest BCUT2D eigenvalue weighted by Gasteiger charge is 2.52. The zero-order chi connectivity index (χ0) is 15.4. The third-order valence-corrected chi connectivity index (χ3v) is 4.72. The summed E-state index contributed by atoms with van der Waals surface area (Å²) in [4.78, 5) is 12.3. The lowest BCUT2D eigenvalue weighted by atomic mass is 9.59. The van der Waals surface area contributed by atoms with Gasteiger partial charge in [0.1, 0.15) is 0 Å². The fourth-order valence-corrected chi connectivity index (χ4v) is 3.88. The molecule has 1 saturated carbocycles. The van der Waals surface area contributed by atoms with Gasteiger partial charge < -0.3 is 9.84 Å². The maximum atomic E-state index is 12.3. The van der Waals surface area contributed by atoms with Gasteiger partial charge in [0.25, 0.3) is 0 Å². The Labute approximate surface area is 124 Å². The van der Waals surface area contributed by atoms with Crippen molar-refractivity contribution in [1.82, 2.24) is 0 Å². The van der Waals surface area contributed by atoms with Crippen LogP contribution in [0.25, 0.3) is 0 Å². The van der Waals surface area contributed by atoms with Crippen LogP contribution in [0.5, 0.6) is 0 Å². The number of carbonyl (C=O) groups is 1. The second-order valence-corrected chi connectivity index (χ2v) is 7.25. The Morgan fingerprint density at radius 3 is 2.50 bits per heavy atom.